The second-order valence-corrected chi connectivity index (χ2v) is 16.3. The zero-order valence-corrected chi connectivity index (χ0v) is 32.3. The molecule has 4 aliphatic heterocycles. The van der Waals surface area contributed by atoms with Crippen molar-refractivity contribution in [3.05, 3.63) is 131 Å². The van der Waals surface area contributed by atoms with Gasteiger partial charge in [0.2, 0.25) is 5.91 Å². The summed E-state index contributed by atoms with van der Waals surface area (Å²) in [5, 5.41) is 12.0. The number of likely N-dealkylation sites (tertiary alicyclic amines) is 1. The second kappa shape index (κ2) is 13.6. The van der Waals surface area contributed by atoms with Gasteiger partial charge in [-0.25, -0.2) is 0 Å². The summed E-state index contributed by atoms with van der Waals surface area (Å²) in [7, 11) is 1.64. The third-order valence-corrected chi connectivity index (χ3v) is 13.1. The number of methoxy groups -OCH3 is 1. The first kappa shape index (κ1) is 36.1. The van der Waals surface area contributed by atoms with Crippen LogP contribution in [0.15, 0.2) is 109 Å². The third kappa shape index (κ3) is 5.39. The molecule has 0 bridgehead atoms. The van der Waals surface area contributed by atoms with Crippen LogP contribution in [0.4, 0.5) is 17.1 Å². The number of carbonyl (C=O) groups is 3. The molecule has 0 saturated carbocycles. The number of hydrogen-bond donors (Lipinski definition) is 1. The van der Waals surface area contributed by atoms with Crippen LogP contribution in [0.2, 0.25) is 0 Å². The molecule has 1 N–H and O–H groups in total. The first-order chi connectivity index (χ1) is 27.1. The number of aliphatic hydroxyl groups is 1. The lowest BCUT2D eigenvalue weighted by Gasteiger charge is -2.39. The van der Waals surface area contributed by atoms with E-state index >= 15 is 4.79 Å². The smallest absolute Gasteiger partial charge is 0.264 e. The summed E-state index contributed by atoms with van der Waals surface area (Å²) in [4.78, 5) is 49.3. The highest BCUT2D eigenvalue weighted by atomic mass is 16.5. The zero-order valence-electron chi connectivity index (χ0n) is 32.3. The number of anilines is 3. The summed E-state index contributed by atoms with van der Waals surface area (Å²) >= 11 is 0. The second-order valence-electron chi connectivity index (χ2n) is 16.3. The van der Waals surface area contributed by atoms with E-state index < -0.39 is 23.0 Å². The van der Waals surface area contributed by atoms with E-state index in [-0.39, 0.29) is 42.7 Å². The molecule has 56 heavy (non-hydrogen) atoms. The van der Waals surface area contributed by atoms with Crippen LogP contribution in [0.3, 0.4) is 0 Å². The molecule has 2 saturated heterocycles. The highest BCUT2D eigenvalue weighted by molar-refractivity contribution is 6.28. The summed E-state index contributed by atoms with van der Waals surface area (Å²) in [5.74, 6) is -0.339. The van der Waals surface area contributed by atoms with Crippen LogP contribution < -0.4 is 14.5 Å². The lowest BCUT2D eigenvalue weighted by molar-refractivity contribution is -0.150. The number of rotatable bonds is 9. The predicted molar refractivity (Wildman–Crippen MR) is 216 cm³/mol. The Kier molecular flexibility index (Phi) is 8.78. The van der Waals surface area contributed by atoms with Crippen molar-refractivity contribution in [2.45, 2.75) is 69.7 Å². The van der Waals surface area contributed by atoms with Gasteiger partial charge in [-0.15, -0.1) is 0 Å². The Bertz CT molecular complexity index is 2350. The van der Waals surface area contributed by atoms with Crippen molar-refractivity contribution in [1.29, 1.82) is 0 Å². The molecule has 9 heteroatoms. The predicted octanol–water partition coefficient (Wildman–Crippen LogP) is 7.88. The van der Waals surface area contributed by atoms with E-state index in [1.807, 2.05) is 102 Å². The standard InChI is InChI=1S/C47H47N3O6/c1-29-43(46(2,3)32-18-21-35(55-4)22-19-32)40(26-41(52)48-24-10-15-34(48)28-51)56-47(29)37-25-33(20-23-38(37)49(45(47)54)27-30-11-6-5-7-12-30)50-39-17-9-14-31-13-8-16-36(42(31)39)44(50)53/h5-9,11-14,16-23,25,29,34,40,43,51H,10,15,24,26-28H2,1-4H3/t29-,34+,40+,43-,47+/m1/s1. The van der Waals surface area contributed by atoms with Gasteiger partial charge >= 0.3 is 0 Å². The molecule has 9 rings (SSSR count). The molecule has 0 radical (unpaired) electrons. The van der Waals surface area contributed by atoms with Crippen LogP contribution >= 0.6 is 0 Å². The fourth-order valence-electron chi connectivity index (χ4n) is 10.4. The topological polar surface area (TPSA) is 99.6 Å². The Morgan fingerprint density at radius 2 is 1.68 bits per heavy atom. The largest absolute Gasteiger partial charge is 0.497 e. The molecule has 2 fully saturated rings. The van der Waals surface area contributed by atoms with Crippen LogP contribution in [0.25, 0.3) is 10.8 Å². The summed E-state index contributed by atoms with van der Waals surface area (Å²) < 4.78 is 12.8. The Morgan fingerprint density at radius 3 is 2.41 bits per heavy atom. The Balaban J connectivity index is 1.19. The average Bonchev–Trinajstić information content (AvgIpc) is 3.95. The van der Waals surface area contributed by atoms with Crippen molar-refractivity contribution in [3.8, 4) is 5.75 Å². The molecule has 0 unspecified atom stereocenters. The SMILES string of the molecule is COc1ccc(C(C)(C)[C@H]2[C@H](CC(=O)N3CCC[C@H]3CO)O[C@@]3(C(=O)N(Cc4ccccc4)c4ccc(N5C(=O)c6cccc7cccc5c67)cc43)[C@@H]2C)cc1. The summed E-state index contributed by atoms with van der Waals surface area (Å²) in [6, 6.07) is 35.3. The van der Waals surface area contributed by atoms with Crippen molar-refractivity contribution in [3.63, 3.8) is 0 Å². The molecular weight excluding hydrogens is 703 g/mol. The number of benzene rings is 5. The molecule has 0 aromatic heterocycles. The van der Waals surface area contributed by atoms with Crippen LogP contribution in [0, 0.1) is 11.8 Å². The molecule has 3 amide bonds. The van der Waals surface area contributed by atoms with Crippen LogP contribution in [-0.4, -0.2) is 60.1 Å². The molecule has 5 atom stereocenters. The minimum atomic E-state index is -1.46. The van der Waals surface area contributed by atoms with Crippen LogP contribution in [0.1, 0.15) is 67.1 Å². The van der Waals surface area contributed by atoms with Crippen LogP contribution in [0.5, 0.6) is 5.75 Å². The molecule has 5 aromatic carbocycles. The molecule has 9 nitrogen and oxygen atoms in total. The lowest BCUT2D eigenvalue weighted by atomic mass is 9.63. The van der Waals surface area contributed by atoms with Gasteiger partial charge in [0.05, 0.1) is 55.8 Å². The monoisotopic (exact) mass is 749 g/mol. The fourth-order valence-corrected chi connectivity index (χ4v) is 10.4. The first-order valence-corrected chi connectivity index (χ1v) is 19.7. The number of nitrogens with zero attached hydrogens (tertiary/aromatic N) is 3. The summed E-state index contributed by atoms with van der Waals surface area (Å²) in [6.07, 6.45) is 1.01. The highest BCUT2D eigenvalue weighted by Crippen LogP contribution is 2.61. The number of fused-ring (bicyclic) bond motifs is 2. The average molecular weight is 750 g/mol. The van der Waals surface area contributed by atoms with E-state index in [4.69, 9.17) is 9.47 Å². The molecule has 4 aliphatic rings. The maximum Gasteiger partial charge on any atom is 0.264 e. The number of amides is 3. The van der Waals surface area contributed by atoms with Gasteiger partial charge in [0.15, 0.2) is 5.60 Å². The number of carbonyl (C=O) groups excluding carboxylic acids is 3. The normalized spacial score (nSPS) is 24.2. The van der Waals surface area contributed by atoms with E-state index in [9.17, 15) is 14.7 Å². The maximum atomic E-state index is 15.5. The Hall–Kier alpha value is -5.51. The molecule has 0 aliphatic carbocycles. The first-order valence-electron chi connectivity index (χ1n) is 19.7. The van der Waals surface area contributed by atoms with Crippen molar-refractivity contribution in [1.82, 2.24) is 4.90 Å². The van der Waals surface area contributed by atoms with Crippen LogP contribution in [-0.2, 0) is 31.9 Å². The number of hydrogen-bond acceptors (Lipinski definition) is 6. The Labute approximate surface area is 327 Å². The van der Waals surface area contributed by atoms with Crippen molar-refractivity contribution < 1.29 is 29.0 Å². The molecular formula is C47H47N3O6. The lowest BCUT2D eigenvalue weighted by Crippen LogP contribution is -2.46. The van der Waals surface area contributed by atoms with Gasteiger partial charge < -0.3 is 24.4 Å². The molecule has 1 spiro atoms. The zero-order chi connectivity index (χ0) is 38.9. The maximum absolute atomic E-state index is 15.5. The van der Waals surface area contributed by atoms with Crippen molar-refractivity contribution in [2.24, 2.45) is 11.8 Å². The van der Waals surface area contributed by atoms with Crippen molar-refractivity contribution >= 4 is 45.6 Å². The fraction of sp³-hybridized carbons (Fsp3) is 0.340. The van der Waals surface area contributed by atoms with E-state index in [2.05, 4.69) is 32.9 Å². The Morgan fingerprint density at radius 1 is 0.929 bits per heavy atom. The van der Waals surface area contributed by atoms with E-state index in [0.29, 0.717) is 29.9 Å². The number of ether oxygens (including phenoxy) is 2. The van der Waals surface area contributed by atoms with Gasteiger partial charge in [-0.2, -0.15) is 0 Å². The minimum Gasteiger partial charge on any atom is -0.497 e. The summed E-state index contributed by atoms with van der Waals surface area (Å²) in [5.41, 5.74) is 3.51. The summed E-state index contributed by atoms with van der Waals surface area (Å²) in [6.45, 7) is 7.25. The third-order valence-electron chi connectivity index (χ3n) is 13.1. The molecule has 5 aromatic rings. The van der Waals surface area contributed by atoms with Gasteiger partial charge in [0.25, 0.3) is 11.8 Å². The van der Waals surface area contributed by atoms with Gasteiger partial charge in [-0.1, -0.05) is 87.5 Å². The van der Waals surface area contributed by atoms with Gasteiger partial charge in [0, 0.05) is 35.0 Å². The molecule has 4 heterocycles. The van der Waals surface area contributed by atoms with Gasteiger partial charge in [0.1, 0.15) is 5.75 Å². The van der Waals surface area contributed by atoms with E-state index in [1.165, 1.54) is 0 Å². The van der Waals surface area contributed by atoms with E-state index in [1.54, 1.807) is 16.9 Å². The minimum absolute atomic E-state index is 0.0652. The van der Waals surface area contributed by atoms with Gasteiger partial charge in [-0.3, -0.25) is 19.3 Å². The van der Waals surface area contributed by atoms with Crippen molar-refractivity contribution in [2.75, 3.05) is 30.1 Å². The quantitative estimate of drug-likeness (QED) is 0.165. The number of aliphatic hydroxyl groups excluding tert-OH is 1. The highest BCUT2D eigenvalue weighted by Gasteiger charge is 2.66. The van der Waals surface area contributed by atoms with E-state index in [0.717, 1.165) is 51.9 Å². The molecule has 286 valence electrons. The van der Waals surface area contributed by atoms with Gasteiger partial charge in [-0.05, 0) is 77.2 Å².